The van der Waals surface area contributed by atoms with Crippen LogP contribution in [0, 0.1) is 11.3 Å². The number of hydrogen-bond donors (Lipinski definition) is 0. The molecule has 2 aliphatic rings. The van der Waals surface area contributed by atoms with Gasteiger partial charge in [-0.25, -0.2) is 0 Å². The lowest BCUT2D eigenvalue weighted by molar-refractivity contribution is -0.138. The van der Waals surface area contributed by atoms with Gasteiger partial charge in [0.2, 0.25) is 0 Å². The molecule has 0 spiro atoms. The zero-order chi connectivity index (χ0) is 15.2. The van der Waals surface area contributed by atoms with E-state index in [-0.39, 0.29) is 23.7 Å². The SMILES string of the molecule is CC1CN(C(=O)/C(C#N)=C\N2CCCCCC2)CC(C)O1. The maximum absolute atomic E-state index is 12.5. The molecule has 0 radical (unpaired) electrons. The highest BCUT2D eigenvalue weighted by Crippen LogP contribution is 2.15. The van der Waals surface area contributed by atoms with Crippen LogP contribution in [0.3, 0.4) is 0 Å². The van der Waals surface area contributed by atoms with Gasteiger partial charge in [0.25, 0.3) is 5.91 Å². The zero-order valence-electron chi connectivity index (χ0n) is 13.0. The summed E-state index contributed by atoms with van der Waals surface area (Å²) in [5.74, 6) is -0.163. The van der Waals surface area contributed by atoms with E-state index in [4.69, 9.17) is 4.74 Å². The molecular formula is C16H25N3O2. The average molecular weight is 291 g/mol. The molecular weight excluding hydrogens is 266 g/mol. The van der Waals surface area contributed by atoms with Crippen molar-refractivity contribution in [3.05, 3.63) is 11.8 Å². The molecule has 0 aromatic rings. The van der Waals surface area contributed by atoms with E-state index in [1.54, 1.807) is 11.1 Å². The largest absolute Gasteiger partial charge is 0.376 e. The molecule has 0 aromatic heterocycles. The van der Waals surface area contributed by atoms with Crippen molar-refractivity contribution >= 4 is 5.91 Å². The first-order valence-electron chi connectivity index (χ1n) is 7.91. The highest BCUT2D eigenvalue weighted by Gasteiger charge is 2.28. The van der Waals surface area contributed by atoms with Gasteiger partial charge in [-0.15, -0.1) is 0 Å². The second-order valence-electron chi connectivity index (χ2n) is 6.07. The summed E-state index contributed by atoms with van der Waals surface area (Å²) in [4.78, 5) is 16.4. The van der Waals surface area contributed by atoms with Gasteiger partial charge in [0.1, 0.15) is 11.6 Å². The predicted octanol–water partition coefficient (Wildman–Crippen LogP) is 1.91. The Labute approximate surface area is 127 Å². The molecule has 2 fully saturated rings. The normalized spacial score (nSPS) is 28.0. The summed E-state index contributed by atoms with van der Waals surface area (Å²) in [5, 5.41) is 9.34. The van der Waals surface area contributed by atoms with Crippen molar-refractivity contribution in [3.63, 3.8) is 0 Å². The number of carbonyl (C=O) groups excluding carboxylic acids is 1. The van der Waals surface area contributed by atoms with Crippen LogP contribution in [0.15, 0.2) is 11.8 Å². The standard InChI is InChI=1S/C16H25N3O2/c1-13-10-19(11-14(2)21-13)16(20)15(9-17)12-18-7-5-3-4-6-8-18/h12-14H,3-8,10-11H2,1-2H3/b15-12-. The number of rotatable bonds is 2. The van der Waals surface area contributed by atoms with Gasteiger partial charge < -0.3 is 14.5 Å². The Balaban J connectivity index is 2.05. The summed E-state index contributed by atoms with van der Waals surface area (Å²) >= 11 is 0. The Bertz CT molecular complexity index is 423. The van der Waals surface area contributed by atoms with E-state index in [1.807, 2.05) is 13.8 Å². The Morgan fingerprint density at radius 1 is 1.14 bits per heavy atom. The van der Waals surface area contributed by atoms with Gasteiger partial charge in [-0.1, -0.05) is 12.8 Å². The third-order valence-electron chi connectivity index (χ3n) is 4.01. The van der Waals surface area contributed by atoms with Crippen molar-refractivity contribution in [3.8, 4) is 6.07 Å². The van der Waals surface area contributed by atoms with Crippen LogP contribution in [0.1, 0.15) is 39.5 Å². The molecule has 21 heavy (non-hydrogen) atoms. The lowest BCUT2D eigenvalue weighted by Crippen LogP contribution is -2.48. The molecule has 2 heterocycles. The summed E-state index contributed by atoms with van der Waals surface area (Å²) in [6.45, 7) is 6.91. The van der Waals surface area contributed by atoms with Crippen LogP contribution >= 0.6 is 0 Å². The summed E-state index contributed by atoms with van der Waals surface area (Å²) in [6, 6.07) is 2.08. The topological polar surface area (TPSA) is 56.6 Å². The first kappa shape index (κ1) is 15.8. The third-order valence-corrected chi connectivity index (χ3v) is 4.01. The van der Waals surface area contributed by atoms with Crippen molar-refractivity contribution in [1.82, 2.24) is 9.80 Å². The van der Waals surface area contributed by atoms with Gasteiger partial charge in [-0.3, -0.25) is 4.79 Å². The van der Waals surface area contributed by atoms with Gasteiger partial charge in [-0.2, -0.15) is 5.26 Å². The van der Waals surface area contributed by atoms with E-state index in [2.05, 4.69) is 11.0 Å². The fourth-order valence-corrected chi connectivity index (χ4v) is 3.05. The summed E-state index contributed by atoms with van der Waals surface area (Å²) in [6.07, 6.45) is 6.55. The minimum absolute atomic E-state index is 0.0239. The quantitative estimate of drug-likeness (QED) is 0.576. The number of hydrogen-bond acceptors (Lipinski definition) is 4. The molecule has 0 saturated carbocycles. The lowest BCUT2D eigenvalue weighted by Gasteiger charge is -2.35. The van der Waals surface area contributed by atoms with E-state index in [1.165, 1.54) is 12.8 Å². The van der Waals surface area contributed by atoms with Crippen LogP contribution in [0.4, 0.5) is 0 Å². The van der Waals surface area contributed by atoms with Crippen LogP contribution in [-0.2, 0) is 9.53 Å². The van der Waals surface area contributed by atoms with E-state index < -0.39 is 0 Å². The highest BCUT2D eigenvalue weighted by molar-refractivity contribution is 5.97. The summed E-state index contributed by atoms with van der Waals surface area (Å²) < 4.78 is 5.64. The van der Waals surface area contributed by atoms with Gasteiger partial charge in [0.05, 0.1) is 12.2 Å². The Kier molecular flexibility index (Phi) is 5.63. The number of carbonyl (C=O) groups is 1. The Hall–Kier alpha value is -1.54. The molecule has 2 saturated heterocycles. The second kappa shape index (κ2) is 7.46. The average Bonchev–Trinajstić information content (AvgIpc) is 2.71. The fraction of sp³-hybridized carbons (Fsp3) is 0.750. The number of amides is 1. The lowest BCUT2D eigenvalue weighted by atomic mass is 10.2. The minimum atomic E-state index is -0.163. The number of morpholine rings is 1. The van der Waals surface area contributed by atoms with Gasteiger partial charge >= 0.3 is 0 Å². The number of likely N-dealkylation sites (tertiary alicyclic amines) is 1. The van der Waals surface area contributed by atoms with E-state index in [0.717, 1.165) is 25.9 Å². The van der Waals surface area contributed by atoms with Crippen molar-refractivity contribution in [2.45, 2.75) is 51.7 Å². The summed E-state index contributed by atoms with van der Waals surface area (Å²) in [5.41, 5.74) is 0.248. The molecule has 0 aliphatic carbocycles. The molecule has 0 N–H and O–H groups in total. The van der Waals surface area contributed by atoms with Gasteiger partial charge in [0.15, 0.2) is 0 Å². The molecule has 0 bridgehead atoms. The second-order valence-corrected chi connectivity index (χ2v) is 6.07. The Morgan fingerprint density at radius 3 is 2.24 bits per heavy atom. The molecule has 5 nitrogen and oxygen atoms in total. The van der Waals surface area contributed by atoms with Crippen LogP contribution in [-0.4, -0.2) is 54.1 Å². The first-order chi connectivity index (χ1) is 10.1. The number of ether oxygens (including phenoxy) is 1. The van der Waals surface area contributed by atoms with E-state index >= 15 is 0 Å². The van der Waals surface area contributed by atoms with Gasteiger partial charge in [0, 0.05) is 32.4 Å². The first-order valence-corrected chi connectivity index (χ1v) is 7.91. The van der Waals surface area contributed by atoms with Crippen molar-refractivity contribution in [2.24, 2.45) is 0 Å². The van der Waals surface area contributed by atoms with Crippen LogP contribution in [0.25, 0.3) is 0 Å². The molecule has 5 heteroatoms. The molecule has 116 valence electrons. The highest BCUT2D eigenvalue weighted by atomic mass is 16.5. The van der Waals surface area contributed by atoms with E-state index in [0.29, 0.717) is 13.1 Å². The molecule has 2 rings (SSSR count). The van der Waals surface area contributed by atoms with Crippen molar-refractivity contribution < 1.29 is 9.53 Å². The number of nitriles is 1. The molecule has 1 amide bonds. The Morgan fingerprint density at radius 2 is 1.71 bits per heavy atom. The molecule has 2 aliphatic heterocycles. The minimum Gasteiger partial charge on any atom is -0.376 e. The van der Waals surface area contributed by atoms with Crippen molar-refractivity contribution in [1.29, 1.82) is 5.26 Å². The maximum Gasteiger partial charge on any atom is 0.266 e. The zero-order valence-corrected chi connectivity index (χ0v) is 13.0. The van der Waals surface area contributed by atoms with Crippen molar-refractivity contribution in [2.75, 3.05) is 26.2 Å². The smallest absolute Gasteiger partial charge is 0.266 e. The monoisotopic (exact) mass is 291 g/mol. The third kappa shape index (κ3) is 4.47. The predicted molar refractivity (Wildman–Crippen MR) is 80.3 cm³/mol. The maximum atomic E-state index is 12.5. The van der Waals surface area contributed by atoms with Crippen LogP contribution < -0.4 is 0 Å². The van der Waals surface area contributed by atoms with Gasteiger partial charge in [-0.05, 0) is 26.7 Å². The van der Waals surface area contributed by atoms with Crippen LogP contribution in [0.5, 0.6) is 0 Å². The fourth-order valence-electron chi connectivity index (χ4n) is 3.05. The summed E-state index contributed by atoms with van der Waals surface area (Å²) in [7, 11) is 0. The van der Waals surface area contributed by atoms with E-state index in [9.17, 15) is 10.1 Å². The molecule has 0 aromatic carbocycles. The molecule has 2 atom stereocenters. The number of nitrogens with zero attached hydrogens (tertiary/aromatic N) is 3. The van der Waals surface area contributed by atoms with Crippen LogP contribution in [0.2, 0.25) is 0 Å². The molecule has 2 unspecified atom stereocenters.